The van der Waals surface area contributed by atoms with Crippen molar-refractivity contribution < 1.29 is 28.2 Å². The molecule has 1 amide bonds. The third kappa shape index (κ3) is 4.72. The van der Waals surface area contributed by atoms with E-state index in [9.17, 15) is 4.79 Å². The molecule has 190 valence electrons. The van der Waals surface area contributed by atoms with Crippen LogP contribution in [0.15, 0.2) is 65.3 Å². The number of fused-ring (bicyclic) bond motifs is 2. The number of benzene rings is 3. The molecule has 1 aliphatic rings. The summed E-state index contributed by atoms with van der Waals surface area (Å²) in [5, 5.41) is 3.83. The monoisotopic (exact) mass is 499 g/mol. The fraction of sp³-hybridized carbons (Fsp3) is 0.233. The molecule has 1 N–H and O–H groups in total. The van der Waals surface area contributed by atoms with Crippen molar-refractivity contribution in [1.29, 1.82) is 0 Å². The molecule has 0 bridgehead atoms. The fourth-order valence-electron chi connectivity index (χ4n) is 4.59. The highest BCUT2D eigenvalue weighted by molar-refractivity contribution is 6.06. The Balaban J connectivity index is 1.53. The number of aryl methyl sites for hydroxylation is 1. The molecule has 5 rings (SSSR count). The Labute approximate surface area is 215 Å². The largest absolute Gasteiger partial charge is 0.496 e. The molecule has 0 spiro atoms. The van der Waals surface area contributed by atoms with Crippen LogP contribution < -0.4 is 24.3 Å². The van der Waals surface area contributed by atoms with Crippen molar-refractivity contribution in [2.45, 2.75) is 20.8 Å². The first-order valence-corrected chi connectivity index (χ1v) is 12.2. The molecule has 0 atom stereocenters. The van der Waals surface area contributed by atoms with Gasteiger partial charge in [0, 0.05) is 45.5 Å². The van der Waals surface area contributed by atoms with E-state index in [4.69, 9.17) is 23.4 Å². The van der Waals surface area contributed by atoms with Gasteiger partial charge in [-0.1, -0.05) is 18.2 Å². The first kappa shape index (κ1) is 24.3. The van der Waals surface area contributed by atoms with E-state index in [1.54, 1.807) is 37.6 Å². The molecule has 0 radical (unpaired) electrons. The normalized spacial score (nSPS) is 12.9. The number of carbonyl (C=O) groups is 1. The zero-order valence-corrected chi connectivity index (χ0v) is 21.3. The number of nitrogens with one attached hydrogen (secondary N) is 1. The highest BCUT2D eigenvalue weighted by Gasteiger charge is 2.21. The van der Waals surface area contributed by atoms with E-state index in [1.807, 2.05) is 51.1 Å². The summed E-state index contributed by atoms with van der Waals surface area (Å²) in [5.74, 6) is 2.48. The number of hydrogen-bond acceptors (Lipinski definition) is 6. The Hall–Kier alpha value is -4.39. The molecule has 7 nitrogen and oxygen atoms in total. The van der Waals surface area contributed by atoms with Crippen LogP contribution in [0, 0.1) is 6.92 Å². The minimum atomic E-state index is -0.258. The number of para-hydroxylation sites is 1. The van der Waals surface area contributed by atoms with Gasteiger partial charge >= 0.3 is 0 Å². The summed E-state index contributed by atoms with van der Waals surface area (Å²) >= 11 is 0. The van der Waals surface area contributed by atoms with Crippen LogP contribution in [0.3, 0.4) is 0 Å². The van der Waals surface area contributed by atoms with Crippen molar-refractivity contribution in [3.05, 3.63) is 72.0 Å². The lowest BCUT2D eigenvalue weighted by Gasteiger charge is -2.19. The van der Waals surface area contributed by atoms with Gasteiger partial charge in [0.2, 0.25) is 5.91 Å². The third-order valence-electron chi connectivity index (χ3n) is 6.31. The second-order valence-corrected chi connectivity index (χ2v) is 8.71. The molecular formula is C30H29NO6. The minimum absolute atomic E-state index is 0.258. The van der Waals surface area contributed by atoms with Crippen molar-refractivity contribution in [2.75, 3.05) is 32.2 Å². The lowest BCUT2D eigenvalue weighted by Crippen LogP contribution is -2.16. The SMILES string of the molecule is CCOc1c(/C(C)=C/C(=O)Nc2ccc3c(c2)OCCO3)cc2c(-c3ccccc3OC)coc2c1C. The standard InChI is InChI=1S/C30H29NO6/c1-5-34-29-19(3)30-23(24(17-37-30)21-8-6-7-9-25(21)33-4)16-22(29)18(2)14-28(32)31-20-10-11-26-27(15-20)36-13-12-35-26/h6-11,14-17H,5,12-13H2,1-4H3,(H,31,32)/b18-14+. The van der Waals surface area contributed by atoms with Gasteiger partial charge in [-0.3, -0.25) is 4.79 Å². The van der Waals surface area contributed by atoms with Gasteiger partial charge in [-0.15, -0.1) is 0 Å². The lowest BCUT2D eigenvalue weighted by molar-refractivity contribution is -0.111. The van der Waals surface area contributed by atoms with E-state index in [2.05, 4.69) is 5.32 Å². The van der Waals surface area contributed by atoms with Gasteiger partial charge in [-0.2, -0.15) is 0 Å². The van der Waals surface area contributed by atoms with Crippen LogP contribution in [-0.4, -0.2) is 32.8 Å². The highest BCUT2D eigenvalue weighted by atomic mass is 16.6. The molecule has 0 unspecified atom stereocenters. The third-order valence-corrected chi connectivity index (χ3v) is 6.31. The topological polar surface area (TPSA) is 79.2 Å². The molecule has 0 saturated carbocycles. The predicted molar refractivity (Wildman–Crippen MR) is 144 cm³/mol. The van der Waals surface area contributed by atoms with Gasteiger partial charge < -0.3 is 28.7 Å². The number of allylic oxidation sites excluding steroid dienone is 1. The van der Waals surface area contributed by atoms with Crippen molar-refractivity contribution in [1.82, 2.24) is 0 Å². The number of ether oxygens (including phenoxy) is 4. The van der Waals surface area contributed by atoms with Gasteiger partial charge in [0.05, 0.1) is 20.0 Å². The maximum atomic E-state index is 13.0. The van der Waals surface area contributed by atoms with Gasteiger partial charge in [0.1, 0.15) is 30.3 Å². The van der Waals surface area contributed by atoms with Crippen molar-refractivity contribution in [2.24, 2.45) is 0 Å². The van der Waals surface area contributed by atoms with Crippen LogP contribution in [0.25, 0.3) is 27.7 Å². The van der Waals surface area contributed by atoms with Crippen LogP contribution in [0.4, 0.5) is 5.69 Å². The van der Waals surface area contributed by atoms with Gasteiger partial charge in [-0.05, 0) is 50.6 Å². The molecule has 0 saturated heterocycles. The number of hydrogen-bond donors (Lipinski definition) is 1. The fourth-order valence-corrected chi connectivity index (χ4v) is 4.59. The molecular weight excluding hydrogens is 470 g/mol. The second-order valence-electron chi connectivity index (χ2n) is 8.71. The van der Waals surface area contributed by atoms with E-state index in [1.165, 1.54) is 0 Å². The van der Waals surface area contributed by atoms with Crippen molar-refractivity contribution in [3.8, 4) is 34.1 Å². The molecule has 1 aliphatic heterocycles. The number of furan rings is 1. The Morgan fingerprint density at radius 2 is 1.84 bits per heavy atom. The predicted octanol–water partition coefficient (Wildman–Crippen LogP) is 6.63. The molecule has 3 aromatic carbocycles. The average molecular weight is 500 g/mol. The number of amides is 1. The van der Waals surface area contributed by atoms with Crippen LogP contribution in [0.2, 0.25) is 0 Å². The quantitative estimate of drug-likeness (QED) is 0.288. The maximum absolute atomic E-state index is 13.0. The van der Waals surface area contributed by atoms with E-state index in [0.29, 0.717) is 42.8 Å². The number of rotatable bonds is 7. The summed E-state index contributed by atoms with van der Waals surface area (Å²) in [6.45, 7) is 7.28. The Morgan fingerprint density at radius 3 is 2.62 bits per heavy atom. The second kappa shape index (κ2) is 10.3. The summed E-state index contributed by atoms with van der Waals surface area (Å²) in [7, 11) is 1.65. The first-order chi connectivity index (χ1) is 18.0. The molecule has 0 fully saturated rings. The summed E-state index contributed by atoms with van der Waals surface area (Å²) in [4.78, 5) is 13.0. The summed E-state index contributed by atoms with van der Waals surface area (Å²) in [6.07, 6.45) is 3.31. The smallest absolute Gasteiger partial charge is 0.248 e. The molecule has 37 heavy (non-hydrogen) atoms. The van der Waals surface area contributed by atoms with E-state index in [-0.39, 0.29) is 5.91 Å². The van der Waals surface area contributed by atoms with Gasteiger partial charge in [0.25, 0.3) is 0 Å². The van der Waals surface area contributed by atoms with E-state index >= 15 is 0 Å². The maximum Gasteiger partial charge on any atom is 0.248 e. The average Bonchev–Trinajstić information content (AvgIpc) is 3.34. The van der Waals surface area contributed by atoms with Crippen LogP contribution >= 0.6 is 0 Å². The molecule has 7 heteroatoms. The summed E-state index contributed by atoms with van der Waals surface area (Å²) in [6, 6.07) is 15.2. The van der Waals surface area contributed by atoms with Crippen LogP contribution in [0.5, 0.6) is 23.0 Å². The number of methoxy groups -OCH3 is 1. The van der Waals surface area contributed by atoms with Crippen molar-refractivity contribution >= 4 is 28.1 Å². The Kier molecular flexibility index (Phi) is 6.77. The highest BCUT2D eigenvalue weighted by Crippen LogP contribution is 2.43. The van der Waals surface area contributed by atoms with Gasteiger partial charge in [-0.25, -0.2) is 0 Å². The van der Waals surface area contributed by atoms with E-state index < -0.39 is 0 Å². The van der Waals surface area contributed by atoms with Crippen LogP contribution in [0.1, 0.15) is 25.0 Å². The lowest BCUT2D eigenvalue weighted by atomic mass is 9.96. The summed E-state index contributed by atoms with van der Waals surface area (Å²) < 4.78 is 28.8. The van der Waals surface area contributed by atoms with Crippen molar-refractivity contribution in [3.63, 3.8) is 0 Å². The van der Waals surface area contributed by atoms with Crippen LogP contribution in [-0.2, 0) is 4.79 Å². The molecule has 2 heterocycles. The zero-order chi connectivity index (χ0) is 25.9. The van der Waals surface area contributed by atoms with Gasteiger partial charge in [0.15, 0.2) is 11.5 Å². The van der Waals surface area contributed by atoms with E-state index in [0.717, 1.165) is 44.5 Å². The first-order valence-electron chi connectivity index (χ1n) is 12.2. The Morgan fingerprint density at radius 1 is 1.05 bits per heavy atom. The zero-order valence-electron chi connectivity index (χ0n) is 21.3. The number of anilines is 1. The molecule has 1 aromatic heterocycles. The Bertz CT molecular complexity index is 1500. The minimum Gasteiger partial charge on any atom is -0.496 e. The molecule has 4 aromatic rings. The summed E-state index contributed by atoms with van der Waals surface area (Å²) in [5.41, 5.74) is 5.66. The molecule has 0 aliphatic carbocycles. The number of carbonyl (C=O) groups excluding carboxylic acids is 1.